The summed E-state index contributed by atoms with van der Waals surface area (Å²) in [6.45, 7) is 6.31. The fourth-order valence-corrected chi connectivity index (χ4v) is 3.11. The normalized spacial score (nSPS) is 14.6. The zero-order valence-electron chi connectivity index (χ0n) is 17.4. The Bertz CT molecular complexity index is 966. The van der Waals surface area contributed by atoms with Gasteiger partial charge in [-0.1, -0.05) is 12.1 Å². The number of carbonyl (C=O) groups is 2. The van der Waals surface area contributed by atoms with E-state index in [4.69, 9.17) is 13.9 Å². The molecule has 0 aliphatic carbocycles. The van der Waals surface area contributed by atoms with E-state index in [2.05, 4.69) is 10.2 Å². The van der Waals surface area contributed by atoms with Gasteiger partial charge in [-0.2, -0.15) is 5.26 Å². The van der Waals surface area contributed by atoms with Crippen molar-refractivity contribution in [1.29, 1.82) is 5.26 Å². The van der Waals surface area contributed by atoms with Crippen LogP contribution in [0.25, 0.3) is 17.4 Å². The van der Waals surface area contributed by atoms with E-state index in [0.717, 1.165) is 18.7 Å². The molecule has 0 radical (unpaired) electrons. The second kappa shape index (κ2) is 11.1. The SMILES string of the molecule is CCOC(=O)c1ccc(-c2ccc(/C=C(\C#N)C(=O)NCCN3CCOCC3)o2)cc1. The van der Waals surface area contributed by atoms with Gasteiger partial charge in [0.05, 0.1) is 25.4 Å². The van der Waals surface area contributed by atoms with Crippen LogP contribution in [-0.4, -0.2) is 62.8 Å². The van der Waals surface area contributed by atoms with Crippen molar-refractivity contribution in [3.05, 3.63) is 53.3 Å². The van der Waals surface area contributed by atoms with Gasteiger partial charge in [-0.05, 0) is 31.2 Å². The first-order valence-corrected chi connectivity index (χ1v) is 10.2. The Morgan fingerprint density at radius 3 is 2.61 bits per heavy atom. The lowest BCUT2D eigenvalue weighted by molar-refractivity contribution is -0.117. The molecule has 8 heteroatoms. The van der Waals surface area contributed by atoms with Crippen LogP contribution in [-0.2, 0) is 14.3 Å². The molecule has 8 nitrogen and oxygen atoms in total. The minimum absolute atomic E-state index is 0.0273. The highest BCUT2D eigenvalue weighted by atomic mass is 16.5. The number of esters is 1. The van der Waals surface area contributed by atoms with Crippen LogP contribution < -0.4 is 5.32 Å². The minimum Gasteiger partial charge on any atom is -0.462 e. The van der Waals surface area contributed by atoms with Crippen molar-refractivity contribution in [3.63, 3.8) is 0 Å². The van der Waals surface area contributed by atoms with Crippen LogP contribution in [0.5, 0.6) is 0 Å². The van der Waals surface area contributed by atoms with E-state index in [-0.39, 0.29) is 11.5 Å². The number of morpholine rings is 1. The van der Waals surface area contributed by atoms with Gasteiger partial charge in [-0.15, -0.1) is 0 Å². The van der Waals surface area contributed by atoms with Crippen molar-refractivity contribution >= 4 is 18.0 Å². The van der Waals surface area contributed by atoms with Gasteiger partial charge < -0.3 is 19.2 Å². The number of carbonyl (C=O) groups excluding carboxylic acids is 2. The number of nitrogens with zero attached hydrogens (tertiary/aromatic N) is 2. The third-order valence-electron chi connectivity index (χ3n) is 4.78. The van der Waals surface area contributed by atoms with Crippen LogP contribution in [0.15, 0.2) is 46.4 Å². The van der Waals surface area contributed by atoms with Crippen molar-refractivity contribution in [2.24, 2.45) is 0 Å². The Balaban J connectivity index is 1.60. The van der Waals surface area contributed by atoms with Crippen LogP contribution in [0.4, 0.5) is 0 Å². The van der Waals surface area contributed by atoms with E-state index >= 15 is 0 Å². The van der Waals surface area contributed by atoms with Gasteiger partial charge >= 0.3 is 5.97 Å². The molecule has 3 rings (SSSR count). The van der Waals surface area contributed by atoms with E-state index in [1.807, 2.05) is 6.07 Å². The highest BCUT2D eigenvalue weighted by Crippen LogP contribution is 2.24. The predicted octanol–water partition coefficient (Wildman–Crippen LogP) is 2.48. The maximum Gasteiger partial charge on any atom is 0.338 e. The average Bonchev–Trinajstić information content (AvgIpc) is 3.27. The second-order valence-electron chi connectivity index (χ2n) is 6.88. The standard InChI is InChI=1S/C23H25N3O5/c1-2-30-23(28)18-5-3-17(4-6-18)21-8-7-20(31-21)15-19(16-24)22(27)25-9-10-26-11-13-29-14-12-26/h3-8,15H,2,9-14H2,1H3,(H,25,27)/b19-15+. The molecule has 1 aromatic heterocycles. The highest BCUT2D eigenvalue weighted by molar-refractivity contribution is 6.01. The van der Waals surface area contributed by atoms with Crippen molar-refractivity contribution in [1.82, 2.24) is 10.2 Å². The molecule has 0 bridgehead atoms. The van der Waals surface area contributed by atoms with Gasteiger partial charge in [-0.25, -0.2) is 4.79 Å². The fourth-order valence-electron chi connectivity index (χ4n) is 3.11. The molecule has 1 saturated heterocycles. The van der Waals surface area contributed by atoms with Crippen LogP contribution in [0, 0.1) is 11.3 Å². The quantitative estimate of drug-likeness (QED) is 0.395. The van der Waals surface area contributed by atoms with E-state index in [1.165, 1.54) is 6.08 Å². The number of hydrogen-bond acceptors (Lipinski definition) is 7. The van der Waals surface area contributed by atoms with Gasteiger partial charge in [-0.3, -0.25) is 9.69 Å². The molecule has 1 N–H and O–H groups in total. The maximum absolute atomic E-state index is 12.3. The molecule has 31 heavy (non-hydrogen) atoms. The molecule has 0 atom stereocenters. The van der Waals surface area contributed by atoms with Crippen LogP contribution in [0.1, 0.15) is 23.0 Å². The number of rotatable bonds is 8. The summed E-state index contributed by atoms with van der Waals surface area (Å²) < 4.78 is 16.0. The van der Waals surface area contributed by atoms with Crippen LogP contribution in [0.2, 0.25) is 0 Å². The molecular formula is C23H25N3O5. The first-order valence-electron chi connectivity index (χ1n) is 10.2. The molecule has 0 unspecified atom stereocenters. The molecule has 0 saturated carbocycles. The fraction of sp³-hybridized carbons (Fsp3) is 0.348. The Morgan fingerprint density at radius 2 is 1.94 bits per heavy atom. The van der Waals surface area contributed by atoms with E-state index in [9.17, 15) is 14.9 Å². The summed E-state index contributed by atoms with van der Waals surface area (Å²) in [6.07, 6.45) is 1.42. The number of hydrogen-bond donors (Lipinski definition) is 1. The van der Waals surface area contributed by atoms with Gasteiger partial charge in [0.2, 0.25) is 0 Å². The van der Waals surface area contributed by atoms with Crippen molar-refractivity contribution < 1.29 is 23.5 Å². The molecule has 1 fully saturated rings. The van der Waals surface area contributed by atoms with Crippen molar-refractivity contribution in [2.45, 2.75) is 6.92 Å². The molecule has 1 amide bonds. The Hall–Kier alpha value is -3.41. The summed E-state index contributed by atoms with van der Waals surface area (Å²) in [6, 6.07) is 12.2. The van der Waals surface area contributed by atoms with Crippen molar-refractivity contribution in [3.8, 4) is 17.4 Å². The zero-order valence-corrected chi connectivity index (χ0v) is 17.4. The molecular weight excluding hydrogens is 398 g/mol. The molecule has 2 heterocycles. The minimum atomic E-state index is -0.438. The smallest absolute Gasteiger partial charge is 0.338 e. The van der Waals surface area contributed by atoms with E-state index in [1.54, 1.807) is 43.3 Å². The number of amides is 1. The van der Waals surface area contributed by atoms with E-state index < -0.39 is 5.91 Å². The van der Waals surface area contributed by atoms with Gasteiger partial charge in [0.25, 0.3) is 5.91 Å². The Labute approximate surface area is 181 Å². The third-order valence-corrected chi connectivity index (χ3v) is 4.78. The number of nitrogens with one attached hydrogen (secondary N) is 1. The van der Waals surface area contributed by atoms with Gasteiger partial charge in [0, 0.05) is 37.8 Å². The maximum atomic E-state index is 12.3. The predicted molar refractivity (Wildman–Crippen MR) is 114 cm³/mol. The summed E-state index contributed by atoms with van der Waals surface area (Å²) in [4.78, 5) is 26.3. The Kier molecular flexibility index (Phi) is 7.98. The number of nitriles is 1. The average molecular weight is 423 g/mol. The van der Waals surface area contributed by atoms with Gasteiger partial charge in [0.1, 0.15) is 23.2 Å². The third kappa shape index (κ3) is 6.28. The lowest BCUT2D eigenvalue weighted by atomic mass is 10.1. The second-order valence-corrected chi connectivity index (χ2v) is 6.88. The van der Waals surface area contributed by atoms with E-state index in [0.29, 0.717) is 50.0 Å². The molecule has 0 spiro atoms. The first-order chi connectivity index (χ1) is 15.1. The lowest BCUT2D eigenvalue weighted by Crippen LogP contribution is -2.41. The summed E-state index contributed by atoms with van der Waals surface area (Å²) in [5.41, 5.74) is 1.19. The topological polar surface area (TPSA) is 105 Å². The number of furan rings is 1. The molecule has 162 valence electrons. The van der Waals surface area contributed by atoms with Crippen LogP contribution in [0.3, 0.4) is 0 Å². The van der Waals surface area contributed by atoms with Crippen molar-refractivity contribution in [2.75, 3.05) is 46.0 Å². The summed E-state index contributed by atoms with van der Waals surface area (Å²) in [7, 11) is 0. The molecule has 1 aliphatic heterocycles. The molecule has 1 aliphatic rings. The first kappa shape index (κ1) is 22.3. The lowest BCUT2D eigenvalue weighted by Gasteiger charge is -2.26. The Morgan fingerprint density at radius 1 is 1.19 bits per heavy atom. The monoisotopic (exact) mass is 423 g/mol. The summed E-state index contributed by atoms with van der Waals surface area (Å²) in [5.74, 6) is 0.138. The van der Waals surface area contributed by atoms with Gasteiger partial charge in [0.15, 0.2) is 0 Å². The number of benzene rings is 1. The summed E-state index contributed by atoms with van der Waals surface area (Å²) in [5, 5.41) is 12.1. The summed E-state index contributed by atoms with van der Waals surface area (Å²) >= 11 is 0. The largest absolute Gasteiger partial charge is 0.462 e. The van der Waals surface area contributed by atoms with Crippen LogP contribution >= 0.6 is 0 Å². The molecule has 2 aromatic rings. The highest BCUT2D eigenvalue weighted by Gasteiger charge is 2.14. The molecule has 1 aromatic carbocycles. The zero-order chi connectivity index (χ0) is 22.1. The number of ether oxygens (including phenoxy) is 2.